The van der Waals surface area contributed by atoms with Gasteiger partial charge in [0.05, 0.1) is 0 Å². The van der Waals surface area contributed by atoms with Crippen molar-refractivity contribution < 1.29 is 0 Å². The Hall–Kier alpha value is 0.210. The molecule has 2 unspecified atom stereocenters. The summed E-state index contributed by atoms with van der Waals surface area (Å²) in [4.78, 5) is 2.70. The van der Waals surface area contributed by atoms with Gasteiger partial charge in [-0.3, -0.25) is 4.90 Å². The lowest BCUT2D eigenvalue weighted by Gasteiger charge is -2.39. The molecule has 1 heterocycles. The normalized spacial score (nSPS) is 36.8. The molecule has 1 aliphatic heterocycles. The fraction of sp³-hybridized carbons (Fsp3) is 1.00. The van der Waals surface area contributed by atoms with E-state index in [9.17, 15) is 0 Å². The van der Waals surface area contributed by atoms with Crippen LogP contribution in [0.4, 0.5) is 0 Å². The van der Waals surface area contributed by atoms with Crippen molar-refractivity contribution in [2.75, 3.05) is 26.2 Å². The van der Waals surface area contributed by atoms with Crippen LogP contribution < -0.4 is 5.32 Å². The molecule has 0 aromatic carbocycles. The average Bonchev–Trinajstić information content (AvgIpc) is 2.24. The summed E-state index contributed by atoms with van der Waals surface area (Å²) in [6, 6.07) is 0.743. The predicted molar refractivity (Wildman–Crippen MR) is 72.3 cm³/mol. The van der Waals surface area contributed by atoms with Crippen LogP contribution in [0.2, 0.25) is 0 Å². The first-order valence-electron chi connectivity index (χ1n) is 6.72. The topological polar surface area (TPSA) is 15.3 Å². The molecule has 0 aromatic rings. The minimum atomic E-state index is 0. The first-order valence-corrected chi connectivity index (χ1v) is 6.72. The first kappa shape index (κ1) is 14.3. The van der Waals surface area contributed by atoms with Crippen molar-refractivity contribution in [2.24, 2.45) is 11.8 Å². The second kappa shape index (κ2) is 6.83. The van der Waals surface area contributed by atoms with Gasteiger partial charge in [-0.2, -0.15) is 0 Å². The second-order valence-electron chi connectivity index (χ2n) is 5.57. The van der Waals surface area contributed by atoms with Crippen LogP contribution in [0.25, 0.3) is 0 Å². The van der Waals surface area contributed by atoms with Crippen molar-refractivity contribution in [3.8, 4) is 0 Å². The van der Waals surface area contributed by atoms with E-state index in [2.05, 4.69) is 24.1 Å². The largest absolute Gasteiger partial charge is 0.314 e. The van der Waals surface area contributed by atoms with Crippen molar-refractivity contribution in [3.05, 3.63) is 0 Å². The van der Waals surface area contributed by atoms with Gasteiger partial charge in [-0.15, -0.1) is 12.4 Å². The van der Waals surface area contributed by atoms with E-state index in [1.165, 1.54) is 51.9 Å². The summed E-state index contributed by atoms with van der Waals surface area (Å²) in [6.07, 6.45) is 5.87. The average molecular weight is 247 g/mol. The summed E-state index contributed by atoms with van der Waals surface area (Å²) in [5, 5.41) is 3.47. The standard InChI is InChI=1S/C13H26N2.ClH/c1-11-5-3-4-6-13(11)10-15-8-7-14-9-12(15)2;/h11-14H,3-10H2,1-2H3;1H/t11?,12-,13?;/m1./s1. The number of hydrogen-bond acceptors (Lipinski definition) is 2. The maximum absolute atomic E-state index is 3.47. The minimum Gasteiger partial charge on any atom is -0.314 e. The Labute approximate surface area is 107 Å². The van der Waals surface area contributed by atoms with Crippen LogP contribution in [0.15, 0.2) is 0 Å². The Morgan fingerprint density at radius 3 is 2.62 bits per heavy atom. The maximum Gasteiger partial charge on any atom is 0.0193 e. The molecule has 1 saturated heterocycles. The molecule has 1 saturated carbocycles. The van der Waals surface area contributed by atoms with Gasteiger partial charge in [0.15, 0.2) is 0 Å². The van der Waals surface area contributed by atoms with Gasteiger partial charge < -0.3 is 5.32 Å². The zero-order chi connectivity index (χ0) is 10.7. The summed E-state index contributed by atoms with van der Waals surface area (Å²) < 4.78 is 0. The van der Waals surface area contributed by atoms with E-state index in [4.69, 9.17) is 0 Å². The molecule has 0 amide bonds. The Kier molecular flexibility index (Phi) is 6.09. The molecule has 16 heavy (non-hydrogen) atoms. The van der Waals surface area contributed by atoms with Crippen molar-refractivity contribution >= 4 is 12.4 Å². The second-order valence-corrected chi connectivity index (χ2v) is 5.57. The lowest BCUT2D eigenvalue weighted by Crippen LogP contribution is -2.51. The lowest BCUT2D eigenvalue weighted by atomic mass is 9.80. The van der Waals surface area contributed by atoms with Crippen molar-refractivity contribution in [1.82, 2.24) is 10.2 Å². The third kappa shape index (κ3) is 3.61. The van der Waals surface area contributed by atoms with Crippen molar-refractivity contribution in [1.29, 1.82) is 0 Å². The van der Waals surface area contributed by atoms with Crippen molar-refractivity contribution in [3.63, 3.8) is 0 Å². The molecule has 1 N–H and O–H groups in total. The number of rotatable bonds is 2. The minimum absolute atomic E-state index is 0. The molecular weight excluding hydrogens is 220 g/mol. The van der Waals surface area contributed by atoms with Crippen LogP contribution in [-0.4, -0.2) is 37.1 Å². The Balaban J connectivity index is 0.00000128. The number of nitrogens with one attached hydrogen (secondary N) is 1. The van der Waals surface area contributed by atoms with E-state index >= 15 is 0 Å². The molecular formula is C13H27ClN2. The van der Waals surface area contributed by atoms with Crippen molar-refractivity contribution in [2.45, 2.75) is 45.6 Å². The molecule has 96 valence electrons. The van der Waals surface area contributed by atoms with Crippen LogP contribution in [0.3, 0.4) is 0 Å². The number of hydrogen-bond donors (Lipinski definition) is 1. The quantitative estimate of drug-likeness (QED) is 0.806. The highest BCUT2D eigenvalue weighted by molar-refractivity contribution is 5.85. The maximum atomic E-state index is 3.47. The zero-order valence-electron chi connectivity index (χ0n) is 10.7. The molecule has 0 aromatic heterocycles. The molecule has 1 aliphatic carbocycles. The van der Waals surface area contributed by atoms with E-state index in [1.807, 2.05) is 0 Å². The van der Waals surface area contributed by atoms with Gasteiger partial charge in [0.25, 0.3) is 0 Å². The summed E-state index contributed by atoms with van der Waals surface area (Å²) in [5.74, 6) is 1.93. The zero-order valence-corrected chi connectivity index (χ0v) is 11.6. The molecule has 0 radical (unpaired) electrons. The van der Waals surface area contributed by atoms with Gasteiger partial charge in [0.2, 0.25) is 0 Å². The van der Waals surface area contributed by atoms with Crippen LogP contribution >= 0.6 is 12.4 Å². The number of piperazine rings is 1. The molecule has 2 nitrogen and oxygen atoms in total. The monoisotopic (exact) mass is 246 g/mol. The first-order chi connectivity index (χ1) is 7.27. The molecule has 0 bridgehead atoms. The number of halogens is 1. The van der Waals surface area contributed by atoms with E-state index in [-0.39, 0.29) is 12.4 Å². The van der Waals surface area contributed by atoms with Gasteiger partial charge >= 0.3 is 0 Å². The molecule has 3 heteroatoms. The highest BCUT2D eigenvalue weighted by Crippen LogP contribution is 2.30. The smallest absolute Gasteiger partial charge is 0.0193 e. The van der Waals surface area contributed by atoms with Gasteiger partial charge in [-0.1, -0.05) is 26.2 Å². The van der Waals surface area contributed by atoms with Crippen LogP contribution in [0.1, 0.15) is 39.5 Å². The Bertz CT molecular complexity index is 178. The summed E-state index contributed by atoms with van der Waals surface area (Å²) >= 11 is 0. The van der Waals surface area contributed by atoms with Gasteiger partial charge in [0, 0.05) is 32.2 Å². The molecule has 0 spiro atoms. The van der Waals surface area contributed by atoms with Gasteiger partial charge in [0.1, 0.15) is 0 Å². The van der Waals surface area contributed by atoms with Crippen LogP contribution in [0.5, 0.6) is 0 Å². The summed E-state index contributed by atoms with van der Waals surface area (Å²) in [6.45, 7) is 9.79. The highest BCUT2D eigenvalue weighted by atomic mass is 35.5. The summed E-state index contributed by atoms with van der Waals surface area (Å²) in [5.41, 5.74) is 0. The Morgan fingerprint density at radius 1 is 1.19 bits per heavy atom. The summed E-state index contributed by atoms with van der Waals surface area (Å²) in [7, 11) is 0. The third-order valence-electron chi connectivity index (χ3n) is 4.40. The van der Waals surface area contributed by atoms with E-state index < -0.39 is 0 Å². The van der Waals surface area contributed by atoms with E-state index in [0.29, 0.717) is 0 Å². The Morgan fingerprint density at radius 2 is 1.94 bits per heavy atom. The van der Waals surface area contributed by atoms with E-state index in [1.54, 1.807) is 0 Å². The van der Waals surface area contributed by atoms with Gasteiger partial charge in [-0.25, -0.2) is 0 Å². The lowest BCUT2D eigenvalue weighted by molar-refractivity contribution is 0.110. The van der Waals surface area contributed by atoms with Gasteiger partial charge in [-0.05, 0) is 25.2 Å². The SMILES string of the molecule is CC1CCCCC1CN1CCNC[C@H]1C.Cl. The molecule has 2 aliphatic rings. The highest BCUT2D eigenvalue weighted by Gasteiger charge is 2.26. The fourth-order valence-corrected chi connectivity index (χ4v) is 3.12. The number of nitrogens with zero attached hydrogens (tertiary/aromatic N) is 1. The predicted octanol–water partition coefficient (Wildman–Crippen LogP) is 2.53. The molecule has 2 fully saturated rings. The fourth-order valence-electron chi connectivity index (χ4n) is 3.12. The van der Waals surface area contributed by atoms with E-state index in [0.717, 1.165) is 17.9 Å². The van der Waals surface area contributed by atoms with Crippen LogP contribution in [0, 0.1) is 11.8 Å². The molecule has 3 atom stereocenters. The third-order valence-corrected chi connectivity index (χ3v) is 4.40. The van der Waals surface area contributed by atoms with Crippen LogP contribution in [-0.2, 0) is 0 Å². The molecule has 2 rings (SSSR count).